The van der Waals surface area contributed by atoms with E-state index >= 15 is 0 Å². The largest absolute Gasteiger partial charge is 0.381 e. The molecule has 0 bridgehead atoms. The molecule has 0 N–H and O–H groups in total. The Morgan fingerprint density at radius 3 is 2.25 bits per heavy atom. The lowest BCUT2D eigenvalue weighted by atomic mass is 9.73. The third kappa shape index (κ3) is 3.43. The highest BCUT2D eigenvalue weighted by molar-refractivity contribution is 5.55. The summed E-state index contributed by atoms with van der Waals surface area (Å²) >= 11 is 0. The maximum atomic E-state index is 14.6. The van der Waals surface area contributed by atoms with E-state index in [0.29, 0.717) is 17.3 Å². The minimum Gasteiger partial charge on any atom is -0.381 e. The van der Waals surface area contributed by atoms with E-state index in [0.717, 1.165) is 56.7 Å². The van der Waals surface area contributed by atoms with Crippen LogP contribution in [-0.2, 0) is 4.74 Å². The second-order valence-corrected chi connectivity index (χ2v) is 9.17. The van der Waals surface area contributed by atoms with Gasteiger partial charge in [0.15, 0.2) is 23.3 Å². The van der Waals surface area contributed by atoms with Crippen LogP contribution in [0.2, 0.25) is 0 Å². The van der Waals surface area contributed by atoms with E-state index in [1.165, 1.54) is 6.07 Å². The van der Waals surface area contributed by atoms with Crippen molar-refractivity contribution in [2.45, 2.75) is 31.1 Å². The van der Waals surface area contributed by atoms with Crippen LogP contribution < -0.4 is 4.90 Å². The number of benzene rings is 1. The Morgan fingerprint density at radius 1 is 0.875 bits per heavy atom. The van der Waals surface area contributed by atoms with Crippen molar-refractivity contribution >= 4 is 5.69 Å². The number of ether oxygens (including phenoxy) is 1. The van der Waals surface area contributed by atoms with Gasteiger partial charge >= 0.3 is 0 Å². The zero-order valence-corrected chi connectivity index (χ0v) is 17.5. The molecule has 2 atom stereocenters. The van der Waals surface area contributed by atoms with E-state index in [1.54, 1.807) is 30.9 Å². The molecule has 2 aromatic heterocycles. The molecule has 4 heterocycles. The Morgan fingerprint density at radius 2 is 1.53 bits per heavy atom. The molecule has 8 heteroatoms. The van der Waals surface area contributed by atoms with Crippen LogP contribution in [0.3, 0.4) is 0 Å². The van der Waals surface area contributed by atoms with Gasteiger partial charge in [0.25, 0.3) is 0 Å². The quantitative estimate of drug-likeness (QED) is 0.615. The molecule has 3 aliphatic rings. The van der Waals surface area contributed by atoms with Gasteiger partial charge in [-0.25, -0.2) is 28.7 Å². The van der Waals surface area contributed by atoms with Crippen molar-refractivity contribution < 1.29 is 13.5 Å². The average Bonchev–Trinajstić information content (AvgIpc) is 3.62. The lowest BCUT2D eigenvalue weighted by Crippen LogP contribution is -2.58. The molecule has 32 heavy (non-hydrogen) atoms. The highest BCUT2D eigenvalue weighted by Crippen LogP contribution is 2.55. The van der Waals surface area contributed by atoms with Gasteiger partial charge in [-0.05, 0) is 60.4 Å². The number of nitrogens with zero attached hydrogens (tertiary/aromatic N) is 5. The van der Waals surface area contributed by atoms with Crippen molar-refractivity contribution in [2.24, 2.45) is 5.41 Å². The van der Waals surface area contributed by atoms with Crippen molar-refractivity contribution in [3.63, 3.8) is 0 Å². The molecule has 164 valence electrons. The zero-order chi connectivity index (χ0) is 21.7. The summed E-state index contributed by atoms with van der Waals surface area (Å²) in [4.78, 5) is 19.1. The van der Waals surface area contributed by atoms with Crippen molar-refractivity contribution in [2.75, 3.05) is 31.2 Å². The van der Waals surface area contributed by atoms with Crippen LogP contribution in [0.5, 0.6) is 0 Å². The summed E-state index contributed by atoms with van der Waals surface area (Å²) in [6.07, 6.45) is 9.72. The first-order valence-electron chi connectivity index (χ1n) is 11.0. The highest BCUT2D eigenvalue weighted by atomic mass is 19.2. The van der Waals surface area contributed by atoms with Gasteiger partial charge in [-0.15, -0.1) is 0 Å². The molecule has 3 aromatic rings. The van der Waals surface area contributed by atoms with Crippen molar-refractivity contribution in [3.8, 4) is 11.6 Å². The van der Waals surface area contributed by atoms with E-state index in [4.69, 9.17) is 4.74 Å². The van der Waals surface area contributed by atoms with Crippen LogP contribution in [0, 0.1) is 17.0 Å². The maximum Gasteiger partial charge on any atom is 0.197 e. The van der Waals surface area contributed by atoms with Crippen LogP contribution >= 0.6 is 0 Å². The Kier molecular flexibility index (Phi) is 4.64. The Hall–Kier alpha value is -3.00. The lowest BCUT2D eigenvalue weighted by molar-refractivity contribution is -0.000431. The molecule has 1 aromatic carbocycles. The van der Waals surface area contributed by atoms with Crippen molar-refractivity contribution in [1.82, 2.24) is 19.9 Å². The van der Waals surface area contributed by atoms with Gasteiger partial charge in [0.1, 0.15) is 0 Å². The van der Waals surface area contributed by atoms with E-state index in [1.807, 2.05) is 11.0 Å². The van der Waals surface area contributed by atoms with Crippen LogP contribution in [-0.4, -0.2) is 46.2 Å². The van der Waals surface area contributed by atoms with Crippen molar-refractivity contribution in [3.05, 3.63) is 65.7 Å². The van der Waals surface area contributed by atoms with E-state index < -0.39 is 11.6 Å². The number of rotatable bonds is 4. The first-order valence-corrected chi connectivity index (χ1v) is 11.0. The Labute approximate surface area is 184 Å². The molecule has 6 rings (SSSR count). The minimum atomic E-state index is -0.774. The first-order chi connectivity index (χ1) is 15.6. The van der Waals surface area contributed by atoms with Gasteiger partial charge in [0.2, 0.25) is 0 Å². The fourth-order valence-corrected chi connectivity index (χ4v) is 5.08. The number of halogens is 2. The van der Waals surface area contributed by atoms with Crippen molar-refractivity contribution in [1.29, 1.82) is 0 Å². The van der Waals surface area contributed by atoms with Crippen LogP contribution in [0.1, 0.15) is 42.2 Å². The molecule has 1 aliphatic carbocycles. The minimum absolute atomic E-state index is 0.143. The standard InChI is InChI=1S/C24H23F2N5O/c25-19-8-15(9-20(21(19)26)31-13-24(14-31)2-6-32-7-3-24)17-10-18(17)16-11-29-23(30-12-16)22-27-4-1-5-28-22/h1,4-5,8-9,11-12,17-18H,2-3,6-7,10,13-14H2/t17-,18+/m0/s1. The molecule has 0 unspecified atom stereocenters. The summed E-state index contributed by atoms with van der Waals surface area (Å²) in [7, 11) is 0. The summed E-state index contributed by atoms with van der Waals surface area (Å²) in [5.41, 5.74) is 2.41. The van der Waals surface area contributed by atoms with Gasteiger partial charge in [-0.3, -0.25) is 0 Å². The molecular weight excluding hydrogens is 412 g/mol. The Bertz CT molecular complexity index is 1130. The second kappa shape index (κ2) is 7.55. The molecule has 1 saturated carbocycles. The van der Waals surface area contributed by atoms with Crippen LogP contribution in [0.25, 0.3) is 11.6 Å². The van der Waals surface area contributed by atoms with Crippen LogP contribution in [0.4, 0.5) is 14.5 Å². The van der Waals surface area contributed by atoms with Gasteiger partial charge in [-0.2, -0.15) is 0 Å². The molecule has 2 saturated heterocycles. The highest BCUT2D eigenvalue weighted by Gasteiger charge is 2.46. The van der Waals surface area contributed by atoms with E-state index in [-0.39, 0.29) is 17.3 Å². The summed E-state index contributed by atoms with van der Waals surface area (Å²) < 4.78 is 34.6. The smallest absolute Gasteiger partial charge is 0.197 e. The normalized spacial score (nSPS) is 23.8. The monoisotopic (exact) mass is 435 g/mol. The maximum absolute atomic E-state index is 14.6. The number of hydrogen-bond acceptors (Lipinski definition) is 6. The van der Waals surface area contributed by atoms with Gasteiger partial charge in [0, 0.05) is 56.5 Å². The topological polar surface area (TPSA) is 64.0 Å². The molecular formula is C24H23F2N5O. The van der Waals surface area contributed by atoms with Crippen LogP contribution in [0.15, 0.2) is 43.0 Å². The SMILES string of the molecule is Fc1cc([C@@H]2C[C@@H]2c2cnc(-c3ncccn3)nc2)cc(N2CC3(CCOCC3)C2)c1F. The fraction of sp³-hybridized carbons (Fsp3) is 0.417. The predicted octanol–water partition coefficient (Wildman–Crippen LogP) is 4.10. The predicted molar refractivity (Wildman–Crippen MR) is 114 cm³/mol. The molecule has 0 amide bonds. The number of aromatic nitrogens is 4. The Balaban J connectivity index is 1.19. The molecule has 0 radical (unpaired) electrons. The molecule has 3 fully saturated rings. The fourth-order valence-electron chi connectivity index (χ4n) is 5.08. The molecule has 6 nitrogen and oxygen atoms in total. The van der Waals surface area contributed by atoms with E-state index in [2.05, 4.69) is 19.9 Å². The summed E-state index contributed by atoms with van der Waals surface area (Å²) in [6, 6.07) is 4.93. The van der Waals surface area contributed by atoms with Gasteiger partial charge in [0.05, 0.1) is 5.69 Å². The third-order valence-electron chi connectivity index (χ3n) is 7.06. The van der Waals surface area contributed by atoms with Gasteiger partial charge in [-0.1, -0.05) is 0 Å². The zero-order valence-electron chi connectivity index (χ0n) is 17.5. The second-order valence-electron chi connectivity index (χ2n) is 9.17. The molecule has 2 aliphatic heterocycles. The van der Waals surface area contributed by atoms with E-state index in [9.17, 15) is 8.78 Å². The third-order valence-corrected chi connectivity index (χ3v) is 7.06. The summed E-state index contributed by atoms with van der Waals surface area (Å²) in [6.45, 7) is 3.04. The average molecular weight is 435 g/mol. The summed E-state index contributed by atoms with van der Waals surface area (Å²) in [5, 5.41) is 0. The summed E-state index contributed by atoms with van der Waals surface area (Å²) in [5.74, 6) is -0.219. The number of anilines is 1. The lowest BCUT2D eigenvalue weighted by Gasteiger charge is -2.53. The molecule has 1 spiro atoms. The number of hydrogen-bond donors (Lipinski definition) is 0. The first kappa shape index (κ1) is 19.7. The van der Waals surface area contributed by atoms with Gasteiger partial charge < -0.3 is 9.64 Å².